The van der Waals surface area contributed by atoms with Crippen molar-refractivity contribution in [2.45, 2.75) is 30.3 Å². The van der Waals surface area contributed by atoms with Crippen molar-refractivity contribution in [2.75, 3.05) is 0 Å². The summed E-state index contributed by atoms with van der Waals surface area (Å²) in [4.78, 5) is 37.7. The molecule has 1 amide bonds. The predicted molar refractivity (Wildman–Crippen MR) is 144 cm³/mol. The van der Waals surface area contributed by atoms with Gasteiger partial charge in [-0.2, -0.15) is 4.72 Å². The van der Waals surface area contributed by atoms with E-state index in [1.807, 2.05) is 0 Å². The molecule has 198 valence electrons. The number of aryl methyl sites for hydroxylation is 1. The van der Waals surface area contributed by atoms with Gasteiger partial charge in [0.25, 0.3) is 11.5 Å². The molecule has 1 atom stereocenters. The van der Waals surface area contributed by atoms with Gasteiger partial charge in [0.2, 0.25) is 10.0 Å². The molecule has 38 heavy (non-hydrogen) atoms. The Morgan fingerprint density at radius 1 is 0.974 bits per heavy atom. The monoisotopic (exact) mass is 556 g/mol. The van der Waals surface area contributed by atoms with Crippen LogP contribution >= 0.6 is 11.6 Å². The summed E-state index contributed by atoms with van der Waals surface area (Å²) >= 11 is 5.92. The number of carbonyl (C=O) groups is 1. The maximum absolute atomic E-state index is 13.0. The molecular weight excluding hydrogens is 532 g/mol. The Labute approximate surface area is 223 Å². The first-order valence-corrected chi connectivity index (χ1v) is 13.5. The molecule has 0 bridgehead atoms. The number of amides is 1. The van der Waals surface area contributed by atoms with E-state index in [0.29, 0.717) is 15.9 Å². The summed E-state index contributed by atoms with van der Waals surface area (Å²) in [7, 11) is -2.59. The number of benzene rings is 3. The number of fused-ring (bicyclic) bond motifs is 1. The lowest BCUT2D eigenvalue weighted by atomic mass is 10.1. The molecule has 4 rings (SSSR count). The number of nitrogens with one attached hydrogen (secondary N) is 2. The Balaban J connectivity index is 1.50. The van der Waals surface area contributed by atoms with Gasteiger partial charge in [-0.05, 0) is 60.4 Å². The third-order valence-electron chi connectivity index (χ3n) is 6.20. The summed E-state index contributed by atoms with van der Waals surface area (Å²) in [6.07, 6.45) is 0.0144. The van der Waals surface area contributed by atoms with Crippen molar-refractivity contribution >= 4 is 38.4 Å². The number of carbonyl (C=O) groups excluding carboxylic acids is 1. The quantitative estimate of drug-likeness (QED) is 0.214. The zero-order chi connectivity index (χ0) is 27.4. The largest absolute Gasteiger partial charge is 0.331 e. The van der Waals surface area contributed by atoms with Gasteiger partial charge in [0, 0.05) is 18.6 Å². The number of hydrogen-bond acceptors (Lipinski definition) is 6. The smallest absolute Gasteiger partial charge is 0.296 e. The van der Waals surface area contributed by atoms with Crippen LogP contribution in [0.5, 0.6) is 0 Å². The van der Waals surface area contributed by atoms with Gasteiger partial charge < -0.3 is 0 Å². The second kappa shape index (κ2) is 11.3. The maximum Gasteiger partial charge on any atom is 0.331 e. The first-order chi connectivity index (χ1) is 18.1. The molecule has 0 radical (unpaired) electrons. The Morgan fingerprint density at radius 2 is 1.58 bits per heavy atom. The molecule has 0 aliphatic heterocycles. The highest BCUT2D eigenvalue weighted by atomic mass is 35.5. The van der Waals surface area contributed by atoms with Crippen LogP contribution in [-0.2, 0) is 28.4 Å². The number of nitrogens with zero attached hydrogens (tertiary/aromatic N) is 2. The average molecular weight is 557 g/mol. The van der Waals surface area contributed by atoms with E-state index in [-0.39, 0.29) is 24.3 Å². The number of rotatable bonds is 9. The van der Waals surface area contributed by atoms with Crippen LogP contribution in [0.15, 0.2) is 87.3 Å². The van der Waals surface area contributed by atoms with Crippen LogP contribution in [0.1, 0.15) is 12.8 Å². The average Bonchev–Trinajstić information content (AvgIpc) is 2.93. The molecule has 3 aromatic carbocycles. The van der Waals surface area contributed by atoms with Crippen LogP contribution in [-0.4, -0.2) is 34.7 Å². The highest BCUT2D eigenvalue weighted by molar-refractivity contribution is 7.89. The molecule has 3 N–H and O–H groups in total. The molecule has 10 nitrogen and oxygen atoms in total. The molecule has 1 unspecified atom stereocenters. The van der Waals surface area contributed by atoms with Crippen LogP contribution in [0, 0.1) is 0 Å². The number of hydrogen-bond donors (Lipinski definition) is 3. The number of para-hydroxylation sites is 1. The van der Waals surface area contributed by atoms with Crippen molar-refractivity contribution in [1.29, 1.82) is 0 Å². The molecule has 0 spiro atoms. The predicted octanol–water partition coefficient (Wildman–Crippen LogP) is 2.65. The van der Waals surface area contributed by atoms with Gasteiger partial charge in [-0.1, -0.05) is 48.0 Å². The van der Waals surface area contributed by atoms with Crippen molar-refractivity contribution < 1.29 is 18.4 Å². The van der Waals surface area contributed by atoms with Crippen molar-refractivity contribution in [3.63, 3.8) is 0 Å². The van der Waals surface area contributed by atoms with Crippen LogP contribution in [0.4, 0.5) is 0 Å². The highest BCUT2D eigenvalue weighted by Gasteiger charge is 2.25. The van der Waals surface area contributed by atoms with E-state index in [0.717, 1.165) is 15.7 Å². The van der Waals surface area contributed by atoms with Crippen molar-refractivity contribution in [1.82, 2.24) is 19.3 Å². The summed E-state index contributed by atoms with van der Waals surface area (Å²) in [5, 5.41) is 10.1. The first kappa shape index (κ1) is 27.3. The van der Waals surface area contributed by atoms with E-state index in [9.17, 15) is 22.8 Å². The minimum atomic E-state index is -4.14. The van der Waals surface area contributed by atoms with Gasteiger partial charge in [0.1, 0.15) is 6.04 Å². The standard InChI is InChI=1S/C26H25ClN4O6S/c1-30-23-7-3-2-5-21(23)25(33)31(26(30)34)16-4-6-22(24(32)28-35)29-38(36,37)20-14-10-18(11-15-20)17-8-12-19(27)13-9-17/h2-3,5,7-15,22,29,35H,4,6,16H2,1H3,(H,28,32). The lowest BCUT2D eigenvalue weighted by molar-refractivity contribution is -0.131. The zero-order valence-electron chi connectivity index (χ0n) is 20.3. The van der Waals surface area contributed by atoms with E-state index in [2.05, 4.69) is 4.72 Å². The second-order valence-corrected chi connectivity index (χ2v) is 10.8. The maximum atomic E-state index is 13.0. The fourth-order valence-corrected chi connectivity index (χ4v) is 5.52. The lowest BCUT2D eigenvalue weighted by Crippen LogP contribution is -2.46. The molecule has 0 aliphatic rings. The molecule has 1 aromatic heterocycles. The van der Waals surface area contributed by atoms with E-state index in [1.165, 1.54) is 22.2 Å². The van der Waals surface area contributed by atoms with E-state index < -0.39 is 33.2 Å². The van der Waals surface area contributed by atoms with Crippen molar-refractivity contribution in [3.8, 4) is 11.1 Å². The molecule has 12 heteroatoms. The van der Waals surface area contributed by atoms with Crippen molar-refractivity contribution in [3.05, 3.63) is 98.7 Å². The van der Waals surface area contributed by atoms with Gasteiger partial charge in [-0.25, -0.2) is 18.7 Å². The minimum Gasteiger partial charge on any atom is -0.296 e. The summed E-state index contributed by atoms with van der Waals surface area (Å²) in [5.41, 5.74) is 2.57. The van der Waals surface area contributed by atoms with Crippen LogP contribution in [0.2, 0.25) is 5.02 Å². The Kier molecular flexibility index (Phi) is 8.12. The summed E-state index contributed by atoms with van der Waals surface area (Å²) in [5.74, 6) is -0.967. The highest BCUT2D eigenvalue weighted by Crippen LogP contribution is 2.23. The molecule has 0 saturated carbocycles. The molecule has 1 heterocycles. The fraction of sp³-hybridized carbons (Fsp3) is 0.192. The fourth-order valence-electron chi connectivity index (χ4n) is 4.16. The lowest BCUT2D eigenvalue weighted by Gasteiger charge is -2.17. The van der Waals surface area contributed by atoms with E-state index in [4.69, 9.17) is 16.8 Å². The zero-order valence-corrected chi connectivity index (χ0v) is 21.9. The summed E-state index contributed by atoms with van der Waals surface area (Å²) in [6, 6.07) is 18.5. The van der Waals surface area contributed by atoms with Gasteiger partial charge in [0.05, 0.1) is 15.8 Å². The van der Waals surface area contributed by atoms with Gasteiger partial charge in [-0.15, -0.1) is 0 Å². The van der Waals surface area contributed by atoms with Crippen LogP contribution < -0.4 is 21.5 Å². The Morgan fingerprint density at radius 3 is 2.21 bits per heavy atom. The number of sulfonamides is 1. The normalized spacial score (nSPS) is 12.4. The van der Waals surface area contributed by atoms with Gasteiger partial charge in [0.15, 0.2) is 0 Å². The van der Waals surface area contributed by atoms with Crippen LogP contribution in [0.25, 0.3) is 22.0 Å². The molecule has 0 saturated heterocycles. The van der Waals surface area contributed by atoms with E-state index in [1.54, 1.807) is 67.7 Å². The van der Waals surface area contributed by atoms with Crippen LogP contribution in [0.3, 0.4) is 0 Å². The molecule has 0 fully saturated rings. The molecule has 0 aliphatic carbocycles. The number of halogens is 1. The number of aromatic nitrogens is 2. The Hall–Kier alpha value is -3.77. The van der Waals surface area contributed by atoms with Gasteiger partial charge >= 0.3 is 5.69 Å². The second-order valence-electron chi connectivity index (χ2n) is 8.64. The third-order valence-corrected chi connectivity index (χ3v) is 7.94. The molecular formula is C26H25ClN4O6S. The topological polar surface area (TPSA) is 140 Å². The minimum absolute atomic E-state index is 0.0525. The Bertz CT molecular complexity index is 1700. The summed E-state index contributed by atoms with van der Waals surface area (Å²) in [6.45, 7) is -0.0525. The first-order valence-electron chi connectivity index (χ1n) is 11.6. The molecule has 4 aromatic rings. The number of hydroxylamine groups is 1. The summed E-state index contributed by atoms with van der Waals surface area (Å²) < 4.78 is 30.7. The SMILES string of the molecule is Cn1c(=O)n(CCCC(NS(=O)(=O)c2ccc(-c3ccc(Cl)cc3)cc2)C(=O)NO)c(=O)c2ccccc21. The third kappa shape index (κ3) is 5.70. The van der Waals surface area contributed by atoms with Crippen molar-refractivity contribution in [2.24, 2.45) is 7.05 Å². The van der Waals surface area contributed by atoms with E-state index >= 15 is 0 Å². The van der Waals surface area contributed by atoms with Gasteiger partial charge in [-0.3, -0.25) is 23.9 Å².